The van der Waals surface area contributed by atoms with Crippen molar-refractivity contribution >= 4 is 34.1 Å². The first-order chi connectivity index (χ1) is 13.1. The van der Waals surface area contributed by atoms with Crippen molar-refractivity contribution in [2.45, 2.75) is 6.92 Å². The number of benzene rings is 1. The molecule has 4 aromatic rings. The van der Waals surface area contributed by atoms with Gasteiger partial charge in [0.25, 0.3) is 11.8 Å². The molecule has 7 nitrogen and oxygen atoms in total. The van der Waals surface area contributed by atoms with Crippen LogP contribution in [0, 0.1) is 6.92 Å². The summed E-state index contributed by atoms with van der Waals surface area (Å²) in [5, 5.41) is 1.44. The van der Waals surface area contributed by atoms with Crippen LogP contribution in [0.2, 0.25) is 0 Å². The van der Waals surface area contributed by atoms with Crippen molar-refractivity contribution in [2.24, 2.45) is 0 Å². The molecule has 0 unspecified atom stereocenters. The molecule has 3 N–H and O–H groups in total. The van der Waals surface area contributed by atoms with Gasteiger partial charge in [0.1, 0.15) is 9.88 Å². The Hall–Kier alpha value is -3.52. The highest BCUT2D eigenvalue weighted by molar-refractivity contribution is 7.17. The Kier molecular flexibility index (Phi) is 4.39. The van der Waals surface area contributed by atoms with E-state index >= 15 is 0 Å². The molecule has 8 heteroatoms. The molecule has 0 aliphatic carbocycles. The van der Waals surface area contributed by atoms with Crippen LogP contribution in [-0.4, -0.2) is 26.8 Å². The molecule has 0 atom stereocenters. The van der Waals surface area contributed by atoms with Gasteiger partial charge in [0.05, 0.1) is 17.0 Å². The van der Waals surface area contributed by atoms with E-state index in [-0.39, 0.29) is 0 Å². The molecule has 4 rings (SSSR count). The molecule has 0 bridgehead atoms. The Labute approximate surface area is 158 Å². The summed E-state index contributed by atoms with van der Waals surface area (Å²) in [5.74, 6) is -0.812. The lowest BCUT2D eigenvalue weighted by Gasteiger charge is -2.05. The van der Waals surface area contributed by atoms with Gasteiger partial charge in [0, 0.05) is 23.3 Å². The first-order valence-electron chi connectivity index (χ1n) is 8.19. The lowest BCUT2D eigenvalue weighted by molar-refractivity contribution is 0.0849. The highest BCUT2D eigenvalue weighted by Crippen LogP contribution is 2.26. The van der Waals surface area contributed by atoms with Crippen LogP contribution < -0.4 is 10.9 Å². The minimum Gasteiger partial charge on any atom is -0.360 e. The summed E-state index contributed by atoms with van der Waals surface area (Å²) in [5.41, 5.74) is 7.51. The number of pyridine rings is 1. The predicted octanol–water partition coefficient (Wildman–Crippen LogP) is 3.07. The molecule has 0 spiro atoms. The Balaban J connectivity index is 1.48. The van der Waals surface area contributed by atoms with Crippen molar-refractivity contribution in [1.82, 2.24) is 25.8 Å². The Bertz CT molecular complexity index is 1130. The molecule has 2 amide bonds. The molecule has 27 heavy (non-hydrogen) atoms. The number of carbonyl (C=O) groups is 2. The van der Waals surface area contributed by atoms with Crippen molar-refractivity contribution in [3.05, 3.63) is 71.0 Å². The van der Waals surface area contributed by atoms with Crippen molar-refractivity contribution in [3.63, 3.8) is 0 Å². The van der Waals surface area contributed by atoms with E-state index in [1.54, 1.807) is 19.3 Å². The smallest absolute Gasteiger partial charge is 0.281 e. The van der Waals surface area contributed by atoms with Crippen LogP contribution in [0.3, 0.4) is 0 Å². The maximum Gasteiger partial charge on any atom is 0.281 e. The van der Waals surface area contributed by atoms with E-state index in [4.69, 9.17) is 0 Å². The van der Waals surface area contributed by atoms with Crippen molar-refractivity contribution in [3.8, 4) is 10.7 Å². The minimum absolute atomic E-state index is 0.395. The van der Waals surface area contributed by atoms with E-state index in [1.807, 2.05) is 42.5 Å². The zero-order valence-corrected chi connectivity index (χ0v) is 15.1. The van der Waals surface area contributed by atoms with Gasteiger partial charge in [-0.2, -0.15) is 0 Å². The minimum atomic E-state index is -0.416. The molecule has 0 fully saturated rings. The van der Waals surface area contributed by atoms with Gasteiger partial charge < -0.3 is 4.98 Å². The van der Waals surface area contributed by atoms with Crippen LogP contribution in [0.25, 0.3) is 21.6 Å². The van der Waals surface area contributed by atoms with Crippen LogP contribution in [-0.2, 0) is 0 Å². The number of nitrogens with one attached hydrogen (secondary N) is 3. The number of aromatic nitrogens is 3. The fourth-order valence-corrected chi connectivity index (χ4v) is 3.64. The second-order valence-corrected chi connectivity index (χ2v) is 6.80. The number of amides is 2. The largest absolute Gasteiger partial charge is 0.360 e. The summed E-state index contributed by atoms with van der Waals surface area (Å²) in [4.78, 5) is 37.0. The number of para-hydroxylation sites is 1. The van der Waals surface area contributed by atoms with E-state index in [2.05, 4.69) is 25.8 Å². The molecule has 134 valence electrons. The lowest BCUT2D eigenvalue weighted by Crippen LogP contribution is -2.41. The number of aryl methyl sites for hydroxylation is 1. The van der Waals surface area contributed by atoms with E-state index in [9.17, 15) is 9.59 Å². The summed E-state index contributed by atoms with van der Waals surface area (Å²) in [7, 11) is 0. The van der Waals surface area contributed by atoms with Gasteiger partial charge in [-0.15, -0.1) is 11.3 Å². The zero-order chi connectivity index (χ0) is 18.8. The lowest BCUT2D eigenvalue weighted by atomic mass is 10.2. The first kappa shape index (κ1) is 16.9. The number of hydrogen-bond donors (Lipinski definition) is 3. The maximum atomic E-state index is 12.5. The number of aromatic amines is 1. The van der Waals surface area contributed by atoms with Gasteiger partial charge in [0.15, 0.2) is 0 Å². The number of hydrazine groups is 1. The van der Waals surface area contributed by atoms with Crippen LogP contribution in [0.5, 0.6) is 0 Å². The third kappa shape index (κ3) is 3.30. The standard InChI is InChI=1S/C19H15N5O2S/c1-11-16(27-19(22-11)15-8-4-5-9-20-15)18(26)24-23-17(25)13-10-21-14-7-3-2-6-12(13)14/h2-10,21H,1H3,(H,23,25)(H,24,26). The number of fused-ring (bicyclic) bond motifs is 1. The van der Waals surface area contributed by atoms with Crippen LogP contribution in [0.1, 0.15) is 25.7 Å². The van der Waals surface area contributed by atoms with E-state index < -0.39 is 11.8 Å². The summed E-state index contributed by atoms with van der Waals surface area (Å²) in [6.07, 6.45) is 3.29. The van der Waals surface area contributed by atoms with Crippen molar-refractivity contribution in [2.75, 3.05) is 0 Å². The van der Waals surface area contributed by atoms with Gasteiger partial charge in [-0.05, 0) is 25.1 Å². The normalized spacial score (nSPS) is 10.7. The van der Waals surface area contributed by atoms with Crippen molar-refractivity contribution < 1.29 is 9.59 Å². The quantitative estimate of drug-likeness (QED) is 0.478. The average Bonchev–Trinajstić information content (AvgIpc) is 3.30. The van der Waals surface area contributed by atoms with Gasteiger partial charge in [-0.3, -0.25) is 25.4 Å². The number of carbonyl (C=O) groups excluding carboxylic acids is 2. The molecule has 0 saturated heterocycles. The molecular weight excluding hydrogens is 362 g/mol. The fraction of sp³-hybridized carbons (Fsp3) is 0.0526. The summed E-state index contributed by atoms with van der Waals surface area (Å²) in [6.45, 7) is 1.75. The zero-order valence-electron chi connectivity index (χ0n) is 14.3. The Morgan fingerprint density at radius 1 is 1.04 bits per heavy atom. The molecular formula is C19H15N5O2S. The molecule has 0 radical (unpaired) electrons. The second-order valence-electron chi connectivity index (χ2n) is 5.80. The molecule has 0 saturated carbocycles. The topological polar surface area (TPSA) is 99.8 Å². The SMILES string of the molecule is Cc1nc(-c2ccccn2)sc1C(=O)NNC(=O)c1c[nH]c2ccccc12. The highest BCUT2D eigenvalue weighted by Gasteiger charge is 2.18. The third-order valence-corrected chi connectivity index (χ3v) is 5.19. The average molecular weight is 377 g/mol. The Morgan fingerprint density at radius 3 is 2.63 bits per heavy atom. The fourth-order valence-electron chi connectivity index (χ4n) is 2.70. The highest BCUT2D eigenvalue weighted by atomic mass is 32.1. The summed E-state index contributed by atoms with van der Waals surface area (Å²) < 4.78 is 0. The van der Waals surface area contributed by atoms with Crippen LogP contribution in [0.15, 0.2) is 54.9 Å². The van der Waals surface area contributed by atoms with Crippen molar-refractivity contribution in [1.29, 1.82) is 0 Å². The number of hydrogen-bond acceptors (Lipinski definition) is 5. The second kappa shape index (κ2) is 7.00. The summed E-state index contributed by atoms with van der Waals surface area (Å²) >= 11 is 1.23. The number of thiazole rings is 1. The molecule has 0 aliphatic rings. The number of H-pyrrole nitrogens is 1. The van der Waals surface area contributed by atoms with Crippen LogP contribution >= 0.6 is 11.3 Å². The molecule has 0 aliphatic heterocycles. The van der Waals surface area contributed by atoms with Gasteiger partial charge >= 0.3 is 0 Å². The number of nitrogens with zero attached hydrogens (tertiary/aromatic N) is 2. The summed E-state index contributed by atoms with van der Waals surface area (Å²) in [6, 6.07) is 13.0. The van der Waals surface area contributed by atoms with E-state index in [1.165, 1.54) is 11.3 Å². The maximum absolute atomic E-state index is 12.5. The Morgan fingerprint density at radius 2 is 1.81 bits per heavy atom. The van der Waals surface area contributed by atoms with Gasteiger partial charge in [-0.25, -0.2) is 4.98 Å². The van der Waals surface area contributed by atoms with E-state index in [0.717, 1.165) is 10.9 Å². The number of rotatable bonds is 3. The first-order valence-corrected chi connectivity index (χ1v) is 9.01. The third-order valence-electron chi connectivity index (χ3n) is 4.01. The van der Waals surface area contributed by atoms with E-state index in [0.29, 0.717) is 26.8 Å². The molecule has 3 aromatic heterocycles. The predicted molar refractivity (Wildman–Crippen MR) is 103 cm³/mol. The van der Waals surface area contributed by atoms with Crippen LogP contribution in [0.4, 0.5) is 0 Å². The van der Waals surface area contributed by atoms with Gasteiger partial charge in [-0.1, -0.05) is 24.3 Å². The molecule has 3 heterocycles. The van der Waals surface area contributed by atoms with Gasteiger partial charge in [0.2, 0.25) is 0 Å². The molecule has 1 aromatic carbocycles. The monoisotopic (exact) mass is 377 g/mol.